The first-order chi connectivity index (χ1) is 24.9. The van der Waals surface area contributed by atoms with Crippen molar-refractivity contribution in [1.82, 2.24) is 29.5 Å². The monoisotopic (exact) mass is 726 g/mol. The molecule has 2 atom stereocenters. The molecule has 52 heavy (non-hydrogen) atoms. The first-order valence-corrected chi connectivity index (χ1v) is 18.1. The van der Waals surface area contributed by atoms with Gasteiger partial charge in [0.2, 0.25) is 11.8 Å². The number of nitrogens with zero attached hydrogens (tertiary/aromatic N) is 6. The molecule has 3 aromatic heterocycles. The topological polar surface area (TPSA) is 104 Å². The van der Waals surface area contributed by atoms with E-state index < -0.39 is 17.7 Å². The Balaban J connectivity index is 1.43. The molecule has 0 aliphatic carbocycles. The number of aromatic nitrogens is 3. The van der Waals surface area contributed by atoms with Crippen molar-refractivity contribution < 1.29 is 28.2 Å². The number of amides is 2. The molecule has 10 nitrogen and oxygen atoms in total. The van der Waals surface area contributed by atoms with Crippen LogP contribution >= 0.6 is 11.3 Å². The van der Waals surface area contributed by atoms with E-state index in [1.54, 1.807) is 23.9 Å². The number of aliphatic hydroxyl groups excluding tert-OH is 1. The molecule has 5 aromatic rings. The number of ether oxygens (including phenoxy) is 1. The van der Waals surface area contributed by atoms with Gasteiger partial charge in [-0.25, -0.2) is 13.8 Å². The second kappa shape index (κ2) is 14.2. The fourth-order valence-electron chi connectivity index (χ4n) is 7.05. The Morgan fingerprint density at radius 2 is 1.90 bits per heavy atom. The predicted molar refractivity (Wildman–Crippen MR) is 197 cm³/mol. The van der Waals surface area contributed by atoms with Crippen LogP contribution in [0.5, 0.6) is 5.75 Å². The molecule has 2 aliphatic heterocycles. The highest BCUT2D eigenvalue weighted by atomic mass is 32.1. The standard InChI is InChI=1S/C39H40F2N6O4S/c1-6-33(49)46-12-13-47-31(23(46)3)18-30(43-47)38-36(35-29(41)16-27(40)17-32(35)51-21-22(2)48)39-28(10-14-52-39)37(42-38)25-8-7-24-9-11-45(19-26(24)15-25)20-34(50)44(4)5/h6-8,10,14-18,22-23,48H,1,9,11-13,19-21H2,2-5H3/t22-,23-/m1/s1. The second-order valence-corrected chi connectivity index (χ2v) is 14.5. The smallest absolute Gasteiger partial charge is 0.246 e. The van der Waals surface area contributed by atoms with Gasteiger partial charge in [-0.15, -0.1) is 11.3 Å². The van der Waals surface area contributed by atoms with Crippen molar-refractivity contribution in [2.75, 3.05) is 40.3 Å². The molecule has 13 heteroatoms. The van der Waals surface area contributed by atoms with Crippen molar-refractivity contribution >= 4 is 33.2 Å². The van der Waals surface area contributed by atoms with Gasteiger partial charge in [-0.1, -0.05) is 18.7 Å². The largest absolute Gasteiger partial charge is 0.490 e. The summed E-state index contributed by atoms with van der Waals surface area (Å²) >= 11 is 1.40. The van der Waals surface area contributed by atoms with Crippen molar-refractivity contribution in [3.05, 3.63) is 89.0 Å². The van der Waals surface area contributed by atoms with Gasteiger partial charge in [0.15, 0.2) is 0 Å². The maximum Gasteiger partial charge on any atom is 0.246 e. The minimum absolute atomic E-state index is 0.0117. The zero-order chi connectivity index (χ0) is 36.8. The highest BCUT2D eigenvalue weighted by Crippen LogP contribution is 2.47. The number of carbonyl (C=O) groups excluding carboxylic acids is 2. The highest BCUT2D eigenvalue weighted by molar-refractivity contribution is 7.18. The van der Waals surface area contributed by atoms with Gasteiger partial charge in [0.25, 0.3) is 0 Å². The number of fused-ring (bicyclic) bond motifs is 3. The summed E-state index contributed by atoms with van der Waals surface area (Å²) in [7, 11) is 3.51. The minimum atomic E-state index is -0.885. The van der Waals surface area contributed by atoms with Crippen LogP contribution in [0.4, 0.5) is 8.78 Å². The number of pyridine rings is 1. The van der Waals surface area contributed by atoms with Crippen LogP contribution in [0.15, 0.2) is 60.5 Å². The Kier molecular flexibility index (Phi) is 9.68. The number of aliphatic hydroxyl groups is 1. The molecule has 2 aromatic carbocycles. The van der Waals surface area contributed by atoms with E-state index in [9.17, 15) is 19.1 Å². The molecule has 270 valence electrons. The second-order valence-electron chi connectivity index (χ2n) is 13.6. The SMILES string of the molecule is C=CC(=O)N1CCn2nc(-c3nc(-c4ccc5c(c4)CN(CC(=O)N(C)C)CC5)c4ccsc4c3-c3c(F)cc(F)cc3OC[C@@H](C)O)cc2[C@H]1C. The number of likely N-dealkylation sites (N-methyl/N-ethyl adjacent to an activating group) is 1. The molecule has 0 spiro atoms. The summed E-state index contributed by atoms with van der Waals surface area (Å²) in [4.78, 5) is 35.9. The van der Waals surface area contributed by atoms with Crippen molar-refractivity contribution in [2.24, 2.45) is 0 Å². The Morgan fingerprint density at radius 3 is 2.65 bits per heavy atom. The van der Waals surface area contributed by atoms with Gasteiger partial charge in [0, 0.05) is 67.1 Å². The number of benzene rings is 2. The van der Waals surface area contributed by atoms with Crippen LogP contribution in [0.1, 0.15) is 36.7 Å². The van der Waals surface area contributed by atoms with E-state index in [-0.39, 0.29) is 35.8 Å². The van der Waals surface area contributed by atoms with Gasteiger partial charge in [-0.3, -0.25) is 19.2 Å². The van der Waals surface area contributed by atoms with E-state index in [0.29, 0.717) is 53.5 Å². The Labute approximate surface area is 304 Å². The molecule has 5 heterocycles. The molecule has 0 fully saturated rings. The lowest BCUT2D eigenvalue weighted by Gasteiger charge is -2.33. The van der Waals surface area contributed by atoms with Gasteiger partial charge in [0.05, 0.1) is 42.2 Å². The lowest BCUT2D eigenvalue weighted by molar-refractivity contribution is -0.130. The van der Waals surface area contributed by atoms with Crippen LogP contribution < -0.4 is 4.74 Å². The van der Waals surface area contributed by atoms with Crippen LogP contribution in [0, 0.1) is 11.6 Å². The predicted octanol–water partition coefficient (Wildman–Crippen LogP) is 6.07. The van der Waals surface area contributed by atoms with E-state index in [2.05, 4.69) is 23.6 Å². The highest BCUT2D eigenvalue weighted by Gasteiger charge is 2.32. The average Bonchev–Trinajstić information content (AvgIpc) is 3.78. The molecule has 2 amide bonds. The third-order valence-electron chi connectivity index (χ3n) is 9.75. The first kappa shape index (κ1) is 35.4. The Morgan fingerprint density at radius 1 is 1.10 bits per heavy atom. The molecule has 0 saturated carbocycles. The molecular formula is C39H40F2N6O4S. The molecule has 0 saturated heterocycles. The van der Waals surface area contributed by atoms with Gasteiger partial charge >= 0.3 is 0 Å². The summed E-state index contributed by atoms with van der Waals surface area (Å²) in [6, 6.07) is 11.7. The quantitative estimate of drug-likeness (QED) is 0.184. The number of halogens is 2. The molecule has 7 rings (SSSR count). The summed E-state index contributed by atoms with van der Waals surface area (Å²) in [5.74, 6) is -1.87. The van der Waals surface area contributed by atoms with Gasteiger partial charge in [-0.05, 0) is 61.1 Å². The zero-order valence-electron chi connectivity index (χ0n) is 29.5. The number of rotatable bonds is 9. The minimum Gasteiger partial charge on any atom is -0.490 e. The number of carbonyl (C=O) groups is 2. The van der Waals surface area contributed by atoms with E-state index >= 15 is 4.39 Å². The van der Waals surface area contributed by atoms with Crippen LogP contribution in [-0.4, -0.2) is 92.8 Å². The van der Waals surface area contributed by atoms with Gasteiger partial charge in [0.1, 0.15) is 35.4 Å². The molecule has 0 radical (unpaired) electrons. The molecule has 2 aliphatic rings. The summed E-state index contributed by atoms with van der Waals surface area (Å²) < 4.78 is 39.3. The molecule has 0 unspecified atom stereocenters. The van der Waals surface area contributed by atoms with Crippen LogP contribution in [-0.2, 0) is 29.1 Å². The number of hydrogen-bond acceptors (Lipinski definition) is 8. The molecular weight excluding hydrogens is 687 g/mol. The van der Waals surface area contributed by atoms with E-state index in [1.165, 1.54) is 29.9 Å². The van der Waals surface area contributed by atoms with E-state index in [4.69, 9.17) is 14.8 Å². The first-order valence-electron chi connectivity index (χ1n) is 17.2. The van der Waals surface area contributed by atoms with Crippen LogP contribution in [0.2, 0.25) is 0 Å². The third kappa shape index (κ3) is 6.59. The zero-order valence-corrected chi connectivity index (χ0v) is 30.3. The number of thiophene rings is 1. The molecule has 1 N–H and O–H groups in total. The summed E-state index contributed by atoms with van der Waals surface area (Å²) in [6.07, 6.45) is 1.22. The van der Waals surface area contributed by atoms with Crippen molar-refractivity contribution in [2.45, 2.75) is 45.5 Å². The van der Waals surface area contributed by atoms with E-state index in [0.717, 1.165) is 47.3 Å². The Bertz CT molecular complexity index is 2210. The van der Waals surface area contributed by atoms with Crippen LogP contribution in [0.3, 0.4) is 0 Å². The van der Waals surface area contributed by atoms with Crippen molar-refractivity contribution in [1.29, 1.82) is 0 Å². The summed E-state index contributed by atoms with van der Waals surface area (Å²) in [6.45, 7) is 9.51. The van der Waals surface area contributed by atoms with Crippen molar-refractivity contribution in [3.63, 3.8) is 0 Å². The summed E-state index contributed by atoms with van der Waals surface area (Å²) in [5.41, 5.74) is 5.82. The summed E-state index contributed by atoms with van der Waals surface area (Å²) in [5, 5.41) is 17.6. The normalized spacial score (nSPS) is 16.4. The maximum absolute atomic E-state index is 16.2. The van der Waals surface area contributed by atoms with Crippen LogP contribution in [0.25, 0.3) is 43.9 Å². The lowest BCUT2D eigenvalue weighted by atomic mass is 9.93. The lowest BCUT2D eigenvalue weighted by Crippen LogP contribution is -2.40. The van der Waals surface area contributed by atoms with Gasteiger partial charge in [-0.2, -0.15) is 5.10 Å². The van der Waals surface area contributed by atoms with Gasteiger partial charge < -0.3 is 19.6 Å². The molecule has 0 bridgehead atoms. The Hall–Kier alpha value is -4.98. The fraction of sp³-hybridized carbons (Fsp3) is 0.333. The number of hydrogen-bond donors (Lipinski definition) is 1. The third-order valence-corrected chi connectivity index (χ3v) is 10.7. The fourth-order valence-corrected chi connectivity index (χ4v) is 7.99. The average molecular weight is 727 g/mol. The van der Waals surface area contributed by atoms with E-state index in [1.807, 2.05) is 35.2 Å². The maximum atomic E-state index is 16.2. The van der Waals surface area contributed by atoms with Crippen molar-refractivity contribution in [3.8, 4) is 39.5 Å².